The van der Waals surface area contributed by atoms with Crippen LogP contribution >= 0.6 is 11.6 Å². The fourth-order valence-corrected chi connectivity index (χ4v) is 4.17. The Morgan fingerprint density at radius 3 is 2.97 bits per heavy atom. The van der Waals surface area contributed by atoms with Gasteiger partial charge < -0.3 is 29.8 Å². The minimum atomic E-state index is -0.927. The van der Waals surface area contributed by atoms with E-state index in [0.717, 1.165) is 11.0 Å². The first-order valence-corrected chi connectivity index (χ1v) is 9.68. The second-order valence-electron chi connectivity index (χ2n) is 7.13. The van der Waals surface area contributed by atoms with Crippen LogP contribution in [0.25, 0.3) is 11.0 Å². The molecule has 0 saturated carbocycles. The molecule has 5 unspecified atom stereocenters. The largest absolute Gasteiger partial charge is 0.388 e. The number of carbonyl (C=O) groups excluding carboxylic acids is 1. The van der Waals surface area contributed by atoms with Gasteiger partial charge in [0.05, 0.1) is 30.0 Å². The van der Waals surface area contributed by atoms with Gasteiger partial charge in [-0.3, -0.25) is 0 Å². The van der Waals surface area contributed by atoms with Crippen LogP contribution in [0.2, 0.25) is 5.02 Å². The van der Waals surface area contributed by atoms with E-state index >= 15 is 0 Å². The summed E-state index contributed by atoms with van der Waals surface area (Å²) in [4.78, 5) is 16.9. The van der Waals surface area contributed by atoms with Gasteiger partial charge in [0.2, 0.25) is 0 Å². The molecule has 0 aliphatic carbocycles. The lowest BCUT2D eigenvalue weighted by Crippen LogP contribution is -2.59. The van der Waals surface area contributed by atoms with E-state index in [0.29, 0.717) is 10.7 Å². The summed E-state index contributed by atoms with van der Waals surface area (Å²) < 4.78 is 13.5. The van der Waals surface area contributed by atoms with Crippen molar-refractivity contribution < 1.29 is 19.4 Å². The highest BCUT2D eigenvalue weighted by Gasteiger charge is 2.51. The normalized spacial score (nSPS) is 28.4. The zero-order valence-electron chi connectivity index (χ0n) is 15.2. The van der Waals surface area contributed by atoms with Crippen LogP contribution in [0.15, 0.2) is 54.9 Å². The summed E-state index contributed by atoms with van der Waals surface area (Å²) in [6.45, 7) is 0.285. The van der Waals surface area contributed by atoms with Crippen molar-refractivity contribution in [1.29, 1.82) is 0 Å². The molecule has 3 N–H and O–H groups in total. The fourth-order valence-electron chi connectivity index (χ4n) is 3.98. The Morgan fingerprint density at radius 1 is 1.24 bits per heavy atom. The third-order valence-corrected chi connectivity index (χ3v) is 5.55. The predicted octanol–water partition coefficient (Wildman–Crippen LogP) is 2.54. The van der Waals surface area contributed by atoms with Gasteiger partial charge in [-0.1, -0.05) is 29.8 Å². The van der Waals surface area contributed by atoms with Crippen LogP contribution in [0.4, 0.5) is 10.5 Å². The molecule has 2 amide bonds. The second kappa shape index (κ2) is 7.31. The SMILES string of the molecule is O=C(Nc1cccc(Cl)c1)NC1C2COC(O2)C(n2cnc3ccccc32)C1O. The topological polar surface area (TPSA) is 97.6 Å². The zero-order valence-corrected chi connectivity index (χ0v) is 16.0. The van der Waals surface area contributed by atoms with Crippen LogP contribution < -0.4 is 10.6 Å². The maximum Gasteiger partial charge on any atom is 0.319 e. The van der Waals surface area contributed by atoms with E-state index < -0.39 is 36.6 Å². The number of urea groups is 1. The van der Waals surface area contributed by atoms with Gasteiger partial charge in [0.1, 0.15) is 18.2 Å². The Balaban J connectivity index is 1.38. The lowest BCUT2D eigenvalue weighted by Gasteiger charge is -2.39. The molecule has 2 aliphatic heterocycles. The van der Waals surface area contributed by atoms with Gasteiger partial charge in [-0.05, 0) is 30.3 Å². The molecule has 2 fully saturated rings. The van der Waals surface area contributed by atoms with E-state index in [1.54, 1.807) is 30.6 Å². The van der Waals surface area contributed by atoms with Crippen molar-refractivity contribution in [2.75, 3.05) is 11.9 Å². The van der Waals surface area contributed by atoms with Gasteiger partial charge in [-0.25, -0.2) is 9.78 Å². The molecule has 0 radical (unpaired) electrons. The number of ether oxygens (including phenoxy) is 2. The summed E-state index contributed by atoms with van der Waals surface area (Å²) in [6, 6.07) is 12.8. The molecule has 2 bridgehead atoms. The molecule has 1 aromatic heterocycles. The quantitative estimate of drug-likeness (QED) is 0.612. The lowest BCUT2D eigenvalue weighted by molar-refractivity contribution is -0.162. The van der Waals surface area contributed by atoms with Crippen LogP contribution in [-0.4, -0.2) is 51.8 Å². The van der Waals surface area contributed by atoms with Crippen molar-refractivity contribution >= 4 is 34.4 Å². The van der Waals surface area contributed by atoms with E-state index in [2.05, 4.69) is 15.6 Å². The third kappa shape index (κ3) is 3.34. The smallest absolute Gasteiger partial charge is 0.319 e. The summed E-state index contributed by atoms with van der Waals surface area (Å²) in [5, 5.41) is 17.2. The van der Waals surface area contributed by atoms with Crippen molar-refractivity contribution in [2.24, 2.45) is 0 Å². The Morgan fingerprint density at radius 2 is 2.10 bits per heavy atom. The molecule has 0 spiro atoms. The maximum atomic E-state index is 12.5. The monoisotopic (exact) mass is 414 g/mol. The van der Waals surface area contributed by atoms with Crippen LogP contribution in [0.5, 0.6) is 0 Å². The Kier molecular flexibility index (Phi) is 4.63. The van der Waals surface area contributed by atoms with Gasteiger partial charge in [0, 0.05) is 10.7 Å². The highest BCUT2D eigenvalue weighted by Crippen LogP contribution is 2.37. The van der Waals surface area contributed by atoms with Crippen molar-refractivity contribution in [3.05, 3.63) is 59.9 Å². The third-order valence-electron chi connectivity index (χ3n) is 5.31. The summed E-state index contributed by atoms with van der Waals surface area (Å²) in [6.07, 6.45) is -0.315. The van der Waals surface area contributed by atoms with Gasteiger partial charge >= 0.3 is 6.03 Å². The zero-order chi connectivity index (χ0) is 20.0. The summed E-state index contributed by atoms with van der Waals surface area (Å²) in [5.74, 6) is 0. The van der Waals surface area contributed by atoms with Crippen LogP contribution in [0.3, 0.4) is 0 Å². The molecule has 150 valence electrons. The number of para-hydroxylation sites is 2. The average molecular weight is 415 g/mol. The fraction of sp³-hybridized carbons (Fsp3) is 0.300. The number of halogens is 1. The van der Waals surface area contributed by atoms with E-state index in [-0.39, 0.29) is 6.61 Å². The number of hydrogen-bond acceptors (Lipinski definition) is 5. The number of rotatable bonds is 3. The number of benzene rings is 2. The van der Waals surface area contributed by atoms with Crippen molar-refractivity contribution in [3.63, 3.8) is 0 Å². The van der Waals surface area contributed by atoms with Crippen LogP contribution in [0.1, 0.15) is 6.04 Å². The highest BCUT2D eigenvalue weighted by atomic mass is 35.5. The van der Waals surface area contributed by atoms with Crippen molar-refractivity contribution in [3.8, 4) is 0 Å². The number of anilines is 1. The first kappa shape index (κ1) is 18.4. The number of carbonyl (C=O) groups is 1. The standard InChI is InChI=1S/C20H19ClN4O4/c21-11-4-3-5-12(8-11)23-20(27)24-16-15-9-28-19(29-15)17(18(16)26)25-10-22-13-6-1-2-7-14(13)25/h1-8,10,15-19,26H,9H2,(H2,23,24,27). The molecule has 8 nitrogen and oxygen atoms in total. The Labute approximate surface area is 171 Å². The first-order valence-electron chi connectivity index (χ1n) is 9.30. The van der Waals surface area contributed by atoms with Gasteiger partial charge in [0.15, 0.2) is 6.29 Å². The minimum absolute atomic E-state index is 0.285. The molecule has 2 saturated heterocycles. The predicted molar refractivity (Wildman–Crippen MR) is 107 cm³/mol. The molecular weight excluding hydrogens is 396 g/mol. The van der Waals surface area contributed by atoms with Crippen LogP contribution in [-0.2, 0) is 9.47 Å². The molecule has 2 aliphatic rings. The number of imidazole rings is 1. The molecule has 5 rings (SSSR count). The molecule has 3 heterocycles. The Bertz CT molecular complexity index is 1060. The average Bonchev–Trinajstić information content (AvgIpc) is 3.32. The van der Waals surface area contributed by atoms with E-state index in [1.807, 2.05) is 28.8 Å². The summed E-state index contributed by atoms with van der Waals surface area (Å²) in [5.41, 5.74) is 2.22. The number of nitrogens with zero attached hydrogens (tertiary/aromatic N) is 2. The maximum absolute atomic E-state index is 12.5. The second-order valence-corrected chi connectivity index (χ2v) is 7.57. The molecule has 5 atom stereocenters. The summed E-state index contributed by atoms with van der Waals surface area (Å²) in [7, 11) is 0. The lowest BCUT2D eigenvalue weighted by atomic mass is 9.96. The number of aliphatic hydroxyl groups excluding tert-OH is 1. The number of hydrogen-bond donors (Lipinski definition) is 3. The minimum Gasteiger partial charge on any atom is -0.388 e. The molecule has 2 aromatic carbocycles. The van der Waals surface area contributed by atoms with Gasteiger partial charge in [-0.15, -0.1) is 0 Å². The highest BCUT2D eigenvalue weighted by molar-refractivity contribution is 6.30. The number of amides is 2. The van der Waals surface area contributed by atoms with E-state index in [1.165, 1.54) is 0 Å². The van der Waals surface area contributed by atoms with E-state index in [4.69, 9.17) is 21.1 Å². The van der Waals surface area contributed by atoms with E-state index in [9.17, 15) is 9.90 Å². The molecule has 9 heteroatoms. The van der Waals surface area contributed by atoms with Crippen LogP contribution in [0, 0.1) is 0 Å². The number of aromatic nitrogens is 2. The number of aliphatic hydroxyl groups is 1. The molecule has 3 aromatic rings. The van der Waals surface area contributed by atoms with Crippen molar-refractivity contribution in [2.45, 2.75) is 30.6 Å². The van der Waals surface area contributed by atoms with Gasteiger partial charge in [-0.2, -0.15) is 0 Å². The van der Waals surface area contributed by atoms with Gasteiger partial charge in [0.25, 0.3) is 0 Å². The molecular formula is C20H19ClN4O4. The van der Waals surface area contributed by atoms with Crippen molar-refractivity contribution in [1.82, 2.24) is 14.9 Å². The summed E-state index contributed by atoms with van der Waals surface area (Å²) >= 11 is 5.96. The molecule has 29 heavy (non-hydrogen) atoms. The number of nitrogens with one attached hydrogen (secondary N) is 2. The Hall–Kier alpha value is -2.65. The first-order chi connectivity index (χ1) is 14.1. The number of fused-ring (bicyclic) bond motifs is 3.